The highest BCUT2D eigenvalue weighted by Crippen LogP contribution is 2.36. The molecule has 0 radical (unpaired) electrons. The average Bonchev–Trinajstić information content (AvgIpc) is 2.35. The van der Waals surface area contributed by atoms with E-state index in [0.29, 0.717) is 17.9 Å². The second kappa shape index (κ2) is 6.02. The van der Waals surface area contributed by atoms with Crippen LogP contribution in [0.15, 0.2) is 6.07 Å². The number of halogens is 3. The van der Waals surface area contributed by atoms with Crippen LogP contribution < -0.4 is 4.74 Å². The van der Waals surface area contributed by atoms with Gasteiger partial charge in [-0.2, -0.15) is 9.37 Å². The van der Waals surface area contributed by atoms with Crippen molar-refractivity contribution < 1.29 is 17.9 Å². The molecule has 1 fully saturated rings. The standard InChI is InChI=1S/C15H20F3NO/c1-8(2)10-5-4-9(3)6-13(10)20-15-12(17)7-11(16)14(18)19-15/h7-10,13H,4-6H2,1-3H3. The highest BCUT2D eigenvalue weighted by Gasteiger charge is 2.33. The lowest BCUT2D eigenvalue weighted by atomic mass is 9.75. The molecule has 2 rings (SSSR count). The minimum Gasteiger partial charge on any atom is -0.472 e. The van der Waals surface area contributed by atoms with E-state index in [0.717, 1.165) is 19.3 Å². The summed E-state index contributed by atoms with van der Waals surface area (Å²) in [6.45, 7) is 6.29. The van der Waals surface area contributed by atoms with Gasteiger partial charge in [-0.3, -0.25) is 0 Å². The maximum absolute atomic E-state index is 13.6. The van der Waals surface area contributed by atoms with Gasteiger partial charge in [-0.15, -0.1) is 0 Å². The third kappa shape index (κ3) is 3.25. The van der Waals surface area contributed by atoms with Gasteiger partial charge in [0, 0.05) is 6.07 Å². The summed E-state index contributed by atoms with van der Waals surface area (Å²) in [6.07, 6.45) is 2.68. The minimum atomic E-state index is -1.33. The number of aromatic nitrogens is 1. The van der Waals surface area contributed by atoms with E-state index in [2.05, 4.69) is 25.8 Å². The maximum Gasteiger partial charge on any atom is 0.253 e. The third-order valence-corrected chi connectivity index (χ3v) is 4.08. The molecule has 112 valence electrons. The van der Waals surface area contributed by atoms with Gasteiger partial charge in [-0.05, 0) is 30.6 Å². The molecule has 5 heteroatoms. The first kappa shape index (κ1) is 15.1. The van der Waals surface area contributed by atoms with Crippen molar-refractivity contribution in [2.45, 2.75) is 46.1 Å². The van der Waals surface area contributed by atoms with E-state index in [1.807, 2.05) is 0 Å². The van der Waals surface area contributed by atoms with Crippen LogP contribution in [0.5, 0.6) is 5.88 Å². The number of rotatable bonds is 3. The Morgan fingerprint density at radius 2 is 1.90 bits per heavy atom. The van der Waals surface area contributed by atoms with E-state index in [1.54, 1.807) is 0 Å². The maximum atomic E-state index is 13.6. The predicted octanol–water partition coefficient (Wildman–Crippen LogP) is 4.34. The van der Waals surface area contributed by atoms with Crippen LogP contribution in [0.25, 0.3) is 0 Å². The highest BCUT2D eigenvalue weighted by molar-refractivity contribution is 5.15. The fourth-order valence-electron chi connectivity index (χ4n) is 2.90. The number of hydrogen-bond donors (Lipinski definition) is 0. The molecule has 0 saturated heterocycles. The molecule has 3 atom stereocenters. The number of nitrogens with zero attached hydrogens (tertiary/aromatic N) is 1. The van der Waals surface area contributed by atoms with Gasteiger partial charge in [0.05, 0.1) is 0 Å². The molecule has 0 aliphatic heterocycles. The van der Waals surface area contributed by atoms with E-state index in [9.17, 15) is 13.2 Å². The van der Waals surface area contributed by atoms with Gasteiger partial charge in [0.25, 0.3) is 11.8 Å². The topological polar surface area (TPSA) is 22.1 Å². The van der Waals surface area contributed by atoms with Crippen molar-refractivity contribution >= 4 is 0 Å². The second-order valence-corrected chi connectivity index (χ2v) is 6.03. The van der Waals surface area contributed by atoms with Gasteiger partial charge in [0.15, 0.2) is 11.6 Å². The van der Waals surface area contributed by atoms with E-state index in [1.165, 1.54) is 0 Å². The number of hydrogen-bond acceptors (Lipinski definition) is 2. The van der Waals surface area contributed by atoms with Crippen LogP contribution in [0.2, 0.25) is 0 Å². The molecule has 2 nitrogen and oxygen atoms in total. The SMILES string of the molecule is CC1CCC(C(C)C)C(Oc2nc(F)c(F)cc2F)C1. The Labute approximate surface area is 117 Å². The summed E-state index contributed by atoms with van der Waals surface area (Å²) in [4.78, 5) is 3.25. The summed E-state index contributed by atoms with van der Waals surface area (Å²) in [5.41, 5.74) is 0. The molecule has 1 aromatic rings. The lowest BCUT2D eigenvalue weighted by molar-refractivity contribution is 0.0385. The molecular formula is C15H20F3NO. The predicted molar refractivity (Wildman–Crippen MR) is 69.9 cm³/mol. The minimum absolute atomic E-state index is 0.203. The first-order chi connectivity index (χ1) is 9.38. The van der Waals surface area contributed by atoms with Gasteiger partial charge in [-0.1, -0.05) is 27.2 Å². The summed E-state index contributed by atoms with van der Waals surface area (Å²) in [6, 6.07) is 0.480. The van der Waals surface area contributed by atoms with Crippen molar-refractivity contribution in [2.75, 3.05) is 0 Å². The van der Waals surface area contributed by atoms with E-state index < -0.39 is 23.5 Å². The molecule has 3 unspecified atom stereocenters. The fraction of sp³-hybridized carbons (Fsp3) is 0.667. The smallest absolute Gasteiger partial charge is 0.253 e. The molecule has 1 aromatic heterocycles. The number of pyridine rings is 1. The van der Waals surface area contributed by atoms with Gasteiger partial charge >= 0.3 is 0 Å². The van der Waals surface area contributed by atoms with Crippen LogP contribution in [0, 0.1) is 35.3 Å². The molecule has 1 aliphatic rings. The fourth-order valence-corrected chi connectivity index (χ4v) is 2.90. The first-order valence-corrected chi connectivity index (χ1v) is 7.06. The zero-order valence-electron chi connectivity index (χ0n) is 12.0. The van der Waals surface area contributed by atoms with Crippen LogP contribution in [0.1, 0.15) is 40.0 Å². The molecule has 1 saturated carbocycles. The number of ether oxygens (including phenoxy) is 1. The van der Waals surface area contributed by atoms with Crippen molar-refractivity contribution in [3.8, 4) is 5.88 Å². The van der Waals surface area contributed by atoms with Crippen molar-refractivity contribution in [1.82, 2.24) is 4.98 Å². The van der Waals surface area contributed by atoms with Gasteiger partial charge in [0.2, 0.25) is 0 Å². The van der Waals surface area contributed by atoms with Crippen LogP contribution in [0.4, 0.5) is 13.2 Å². The zero-order valence-corrected chi connectivity index (χ0v) is 12.0. The summed E-state index contributed by atoms with van der Waals surface area (Å²) in [5, 5.41) is 0. The largest absolute Gasteiger partial charge is 0.472 e. The summed E-state index contributed by atoms with van der Waals surface area (Å²) in [7, 11) is 0. The van der Waals surface area contributed by atoms with E-state index in [-0.39, 0.29) is 12.0 Å². The molecule has 0 aromatic carbocycles. The van der Waals surface area contributed by atoms with Crippen molar-refractivity contribution in [2.24, 2.45) is 17.8 Å². The molecule has 20 heavy (non-hydrogen) atoms. The lowest BCUT2D eigenvalue weighted by Gasteiger charge is -2.37. The monoisotopic (exact) mass is 287 g/mol. The summed E-state index contributed by atoms with van der Waals surface area (Å²) in [5.74, 6) is -2.87. The molecular weight excluding hydrogens is 267 g/mol. The van der Waals surface area contributed by atoms with Crippen LogP contribution >= 0.6 is 0 Å². The lowest BCUT2D eigenvalue weighted by Crippen LogP contribution is -2.36. The molecule has 0 amide bonds. The molecule has 1 aliphatic carbocycles. The van der Waals surface area contributed by atoms with Crippen LogP contribution in [0.3, 0.4) is 0 Å². The van der Waals surface area contributed by atoms with E-state index in [4.69, 9.17) is 4.74 Å². The van der Waals surface area contributed by atoms with Gasteiger partial charge in [0.1, 0.15) is 6.10 Å². The quantitative estimate of drug-likeness (QED) is 0.772. The van der Waals surface area contributed by atoms with Crippen LogP contribution in [-0.4, -0.2) is 11.1 Å². The first-order valence-electron chi connectivity index (χ1n) is 7.06. The molecule has 0 N–H and O–H groups in total. The Balaban J connectivity index is 2.20. The highest BCUT2D eigenvalue weighted by atomic mass is 19.2. The summed E-state index contributed by atoms with van der Waals surface area (Å²) >= 11 is 0. The van der Waals surface area contributed by atoms with Gasteiger partial charge in [-0.25, -0.2) is 8.78 Å². The molecule has 0 bridgehead atoms. The second-order valence-electron chi connectivity index (χ2n) is 6.03. The Kier molecular flexibility index (Phi) is 4.55. The van der Waals surface area contributed by atoms with Crippen LogP contribution in [-0.2, 0) is 0 Å². The Bertz CT molecular complexity index is 478. The molecule has 1 heterocycles. The normalized spacial score (nSPS) is 26.9. The van der Waals surface area contributed by atoms with Gasteiger partial charge < -0.3 is 4.74 Å². The summed E-state index contributed by atoms with van der Waals surface area (Å²) < 4.78 is 45.2. The van der Waals surface area contributed by atoms with Crippen molar-refractivity contribution in [3.05, 3.63) is 23.6 Å². The average molecular weight is 287 g/mol. The third-order valence-electron chi connectivity index (χ3n) is 4.08. The van der Waals surface area contributed by atoms with Crippen molar-refractivity contribution in [3.63, 3.8) is 0 Å². The van der Waals surface area contributed by atoms with E-state index >= 15 is 0 Å². The Morgan fingerprint density at radius 3 is 2.55 bits per heavy atom. The van der Waals surface area contributed by atoms with Crippen molar-refractivity contribution in [1.29, 1.82) is 0 Å². The Hall–Kier alpha value is -1.26. The Morgan fingerprint density at radius 1 is 1.20 bits per heavy atom. The zero-order chi connectivity index (χ0) is 14.9. The molecule has 0 spiro atoms.